The summed E-state index contributed by atoms with van der Waals surface area (Å²) in [6, 6.07) is 0.694. The third-order valence-electron chi connectivity index (χ3n) is 2.74. The zero-order chi connectivity index (χ0) is 10.5. The summed E-state index contributed by atoms with van der Waals surface area (Å²) in [5.41, 5.74) is 0. The van der Waals surface area contributed by atoms with Crippen LogP contribution in [0.25, 0.3) is 0 Å². The first-order valence-corrected chi connectivity index (χ1v) is 7.10. The molecule has 3 nitrogen and oxygen atoms in total. The van der Waals surface area contributed by atoms with E-state index in [4.69, 9.17) is 0 Å². The SMILES string of the molecule is CCNC(=NCC1CCCS1)NC1CC1. The molecule has 0 aromatic carbocycles. The normalized spacial score (nSPS) is 26.7. The van der Waals surface area contributed by atoms with Crippen molar-refractivity contribution in [1.29, 1.82) is 0 Å². The Balaban J connectivity index is 1.75. The lowest BCUT2D eigenvalue weighted by Crippen LogP contribution is -2.38. The highest BCUT2D eigenvalue weighted by Crippen LogP contribution is 2.26. The van der Waals surface area contributed by atoms with Crippen LogP contribution in [-0.2, 0) is 0 Å². The molecule has 0 radical (unpaired) electrons. The van der Waals surface area contributed by atoms with Crippen LogP contribution >= 0.6 is 11.8 Å². The van der Waals surface area contributed by atoms with E-state index < -0.39 is 0 Å². The second-order valence-corrected chi connectivity index (χ2v) is 5.68. The Morgan fingerprint density at radius 2 is 2.27 bits per heavy atom. The molecule has 0 aromatic rings. The van der Waals surface area contributed by atoms with E-state index in [0.717, 1.165) is 24.3 Å². The number of hydrogen-bond acceptors (Lipinski definition) is 2. The van der Waals surface area contributed by atoms with E-state index in [1.165, 1.54) is 31.4 Å². The Morgan fingerprint density at radius 3 is 2.87 bits per heavy atom. The lowest BCUT2D eigenvalue weighted by molar-refractivity contribution is 0.763. The van der Waals surface area contributed by atoms with Crippen molar-refractivity contribution in [2.24, 2.45) is 4.99 Å². The monoisotopic (exact) mass is 227 g/mol. The average Bonchev–Trinajstić information content (AvgIpc) is 2.90. The van der Waals surface area contributed by atoms with Gasteiger partial charge in [0.15, 0.2) is 5.96 Å². The van der Waals surface area contributed by atoms with Gasteiger partial charge in [-0.2, -0.15) is 11.8 Å². The van der Waals surface area contributed by atoms with E-state index in [1.54, 1.807) is 0 Å². The number of nitrogens with one attached hydrogen (secondary N) is 2. The van der Waals surface area contributed by atoms with Crippen molar-refractivity contribution in [2.45, 2.75) is 43.9 Å². The molecule has 15 heavy (non-hydrogen) atoms. The molecule has 0 spiro atoms. The lowest BCUT2D eigenvalue weighted by Gasteiger charge is -2.11. The smallest absolute Gasteiger partial charge is 0.191 e. The summed E-state index contributed by atoms with van der Waals surface area (Å²) in [7, 11) is 0. The third kappa shape index (κ3) is 3.93. The van der Waals surface area contributed by atoms with Gasteiger partial charge in [0, 0.05) is 17.8 Å². The summed E-state index contributed by atoms with van der Waals surface area (Å²) < 4.78 is 0. The first-order valence-electron chi connectivity index (χ1n) is 6.05. The van der Waals surface area contributed by atoms with Gasteiger partial charge < -0.3 is 10.6 Å². The minimum Gasteiger partial charge on any atom is -0.357 e. The van der Waals surface area contributed by atoms with Gasteiger partial charge in [-0.05, 0) is 38.4 Å². The van der Waals surface area contributed by atoms with E-state index >= 15 is 0 Å². The van der Waals surface area contributed by atoms with Gasteiger partial charge in [0.1, 0.15) is 0 Å². The first-order chi connectivity index (χ1) is 7.38. The number of hydrogen-bond donors (Lipinski definition) is 2. The minimum absolute atomic E-state index is 0.694. The van der Waals surface area contributed by atoms with Crippen molar-refractivity contribution in [3.8, 4) is 0 Å². The number of thioether (sulfide) groups is 1. The fourth-order valence-electron chi connectivity index (χ4n) is 1.72. The molecule has 0 amide bonds. The molecule has 0 aromatic heterocycles. The van der Waals surface area contributed by atoms with Crippen LogP contribution in [0.1, 0.15) is 32.6 Å². The molecule has 1 aliphatic heterocycles. The second-order valence-electron chi connectivity index (χ2n) is 4.27. The summed E-state index contributed by atoms with van der Waals surface area (Å²) >= 11 is 2.07. The molecule has 0 bridgehead atoms. The summed E-state index contributed by atoms with van der Waals surface area (Å²) in [5.74, 6) is 2.35. The van der Waals surface area contributed by atoms with Gasteiger partial charge in [-0.15, -0.1) is 0 Å². The van der Waals surface area contributed by atoms with Crippen molar-refractivity contribution < 1.29 is 0 Å². The number of nitrogens with zero attached hydrogens (tertiary/aromatic N) is 1. The number of rotatable bonds is 4. The van der Waals surface area contributed by atoms with Crippen LogP contribution in [0.2, 0.25) is 0 Å². The molecule has 1 aliphatic carbocycles. The van der Waals surface area contributed by atoms with Gasteiger partial charge in [-0.3, -0.25) is 4.99 Å². The Labute approximate surface area is 96.5 Å². The van der Waals surface area contributed by atoms with E-state index in [1.807, 2.05) is 0 Å². The Bertz CT molecular complexity index is 220. The van der Waals surface area contributed by atoms with Crippen LogP contribution < -0.4 is 10.6 Å². The highest BCUT2D eigenvalue weighted by Gasteiger charge is 2.22. The van der Waals surface area contributed by atoms with Gasteiger partial charge in [0.25, 0.3) is 0 Å². The molecule has 2 N–H and O–H groups in total. The molecular formula is C11H21N3S. The van der Waals surface area contributed by atoms with Gasteiger partial charge in [0.05, 0.1) is 6.54 Å². The zero-order valence-corrected chi connectivity index (χ0v) is 10.3. The van der Waals surface area contributed by atoms with E-state index in [2.05, 4.69) is 34.3 Å². The lowest BCUT2D eigenvalue weighted by atomic mass is 10.2. The predicted molar refractivity (Wildman–Crippen MR) is 67.6 cm³/mol. The molecule has 2 aliphatic rings. The van der Waals surface area contributed by atoms with Crippen LogP contribution in [0.3, 0.4) is 0 Å². The van der Waals surface area contributed by atoms with Crippen molar-refractivity contribution in [3.05, 3.63) is 0 Å². The molecule has 2 rings (SSSR count). The highest BCUT2D eigenvalue weighted by atomic mass is 32.2. The Hall–Kier alpha value is -0.380. The number of aliphatic imine (C=N–C) groups is 1. The van der Waals surface area contributed by atoms with Gasteiger partial charge in [-0.1, -0.05) is 0 Å². The Kier molecular flexibility index (Phi) is 4.18. The summed E-state index contributed by atoms with van der Waals surface area (Å²) in [5, 5.41) is 7.52. The minimum atomic E-state index is 0.694. The topological polar surface area (TPSA) is 36.4 Å². The summed E-state index contributed by atoms with van der Waals surface area (Å²) in [4.78, 5) is 4.65. The largest absolute Gasteiger partial charge is 0.357 e. The van der Waals surface area contributed by atoms with Gasteiger partial charge >= 0.3 is 0 Å². The quantitative estimate of drug-likeness (QED) is 0.566. The highest BCUT2D eigenvalue weighted by molar-refractivity contribution is 8.00. The standard InChI is InChI=1S/C11H21N3S/c1-2-12-11(14-9-5-6-9)13-8-10-4-3-7-15-10/h9-10H,2-8H2,1H3,(H2,12,13,14). The third-order valence-corrected chi connectivity index (χ3v) is 4.12. The molecule has 1 atom stereocenters. The Morgan fingerprint density at radius 1 is 1.40 bits per heavy atom. The van der Waals surface area contributed by atoms with Crippen LogP contribution in [0.15, 0.2) is 4.99 Å². The maximum atomic E-state index is 4.65. The molecule has 1 saturated carbocycles. The first kappa shape index (κ1) is 11.1. The molecule has 86 valence electrons. The predicted octanol–water partition coefficient (Wildman–Crippen LogP) is 1.60. The second kappa shape index (κ2) is 5.64. The van der Waals surface area contributed by atoms with Crippen molar-refractivity contribution >= 4 is 17.7 Å². The maximum absolute atomic E-state index is 4.65. The van der Waals surface area contributed by atoms with Gasteiger partial charge in [-0.25, -0.2) is 0 Å². The summed E-state index contributed by atoms with van der Waals surface area (Å²) in [6.45, 7) is 4.05. The van der Waals surface area contributed by atoms with Crippen LogP contribution in [0.4, 0.5) is 0 Å². The average molecular weight is 227 g/mol. The molecule has 1 saturated heterocycles. The molecule has 2 fully saturated rings. The van der Waals surface area contributed by atoms with E-state index in [0.29, 0.717) is 6.04 Å². The van der Waals surface area contributed by atoms with Crippen molar-refractivity contribution in [2.75, 3.05) is 18.8 Å². The van der Waals surface area contributed by atoms with Crippen molar-refractivity contribution in [1.82, 2.24) is 10.6 Å². The molecule has 1 heterocycles. The van der Waals surface area contributed by atoms with Crippen molar-refractivity contribution in [3.63, 3.8) is 0 Å². The fraction of sp³-hybridized carbons (Fsp3) is 0.909. The zero-order valence-electron chi connectivity index (χ0n) is 9.46. The maximum Gasteiger partial charge on any atom is 0.191 e. The molecular weight excluding hydrogens is 206 g/mol. The van der Waals surface area contributed by atoms with Crippen LogP contribution in [0, 0.1) is 0 Å². The molecule has 4 heteroatoms. The van der Waals surface area contributed by atoms with Crippen LogP contribution in [-0.4, -0.2) is 36.1 Å². The molecule has 1 unspecified atom stereocenters. The van der Waals surface area contributed by atoms with E-state index in [-0.39, 0.29) is 0 Å². The van der Waals surface area contributed by atoms with Gasteiger partial charge in [0.2, 0.25) is 0 Å². The fourth-order valence-corrected chi connectivity index (χ4v) is 2.90. The number of guanidine groups is 1. The van der Waals surface area contributed by atoms with E-state index in [9.17, 15) is 0 Å². The van der Waals surface area contributed by atoms with Crippen LogP contribution in [0.5, 0.6) is 0 Å². The summed E-state index contributed by atoms with van der Waals surface area (Å²) in [6.07, 6.45) is 5.33.